The number of fused-ring (bicyclic) bond motifs is 3. The lowest BCUT2D eigenvalue weighted by Crippen LogP contribution is -2.23. The summed E-state index contributed by atoms with van der Waals surface area (Å²) < 4.78 is 0. The molecule has 0 spiro atoms. The molecule has 0 aromatic heterocycles. The van der Waals surface area contributed by atoms with E-state index in [1.54, 1.807) is 0 Å². The summed E-state index contributed by atoms with van der Waals surface area (Å²) in [4.78, 5) is 11.0. The Morgan fingerprint density at radius 1 is 1.24 bits per heavy atom. The van der Waals surface area contributed by atoms with Crippen molar-refractivity contribution in [3.63, 3.8) is 0 Å². The summed E-state index contributed by atoms with van der Waals surface area (Å²) in [6, 6.07) is 4.27. The van der Waals surface area contributed by atoms with E-state index in [9.17, 15) is 4.79 Å². The van der Waals surface area contributed by atoms with Crippen molar-refractivity contribution >= 4 is 12.0 Å². The molecule has 1 unspecified atom stereocenters. The van der Waals surface area contributed by atoms with Crippen LogP contribution < -0.4 is 0 Å². The molecule has 17 heavy (non-hydrogen) atoms. The van der Waals surface area contributed by atoms with Gasteiger partial charge in [-0.15, -0.1) is 0 Å². The van der Waals surface area contributed by atoms with Gasteiger partial charge in [-0.2, -0.15) is 0 Å². The van der Waals surface area contributed by atoms with E-state index >= 15 is 0 Å². The Morgan fingerprint density at radius 2 is 2.12 bits per heavy atom. The van der Waals surface area contributed by atoms with Crippen molar-refractivity contribution < 1.29 is 9.90 Å². The van der Waals surface area contributed by atoms with Gasteiger partial charge in [0.2, 0.25) is 0 Å². The average Bonchev–Trinajstić information content (AvgIpc) is 2.38. The number of carboxylic acid groups (broad SMARTS) is 1. The number of hydrogen-bond acceptors (Lipinski definition) is 1. The zero-order valence-electron chi connectivity index (χ0n) is 9.78. The first-order chi connectivity index (χ1) is 8.25. The Balaban J connectivity index is 2.01. The van der Waals surface area contributed by atoms with Crippen molar-refractivity contribution in [2.24, 2.45) is 5.92 Å². The molecule has 1 aromatic rings. The van der Waals surface area contributed by atoms with Gasteiger partial charge in [0.25, 0.3) is 0 Å². The molecular weight excluding hydrogens is 212 g/mol. The minimum Gasteiger partial charge on any atom is -0.481 e. The van der Waals surface area contributed by atoms with E-state index in [1.807, 2.05) is 0 Å². The Hall–Kier alpha value is -1.57. The van der Waals surface area contributed by atoms with Gasteiger partial charge in [0.05, 0.1) is 5.92 Å². The van der Waals surface area contributed by atoms with E-state index < -0.39 is 5.97 Å². The second-order valence-electron chi connectivity index (χ2n) is 4.99. The van der Waals surface area contributed by atoms with E-state index in [2.05, 4.69) is 24.3 Å². The normalized spacial score (nSPS) is 21.8. The topological polar surface area (TPSA) is 37.3 Å². The van der Waals surface area contributed by atoms with Gasteiger partial charge in [-0.3, -0.25) is 4.79 Å². The third kappa shape index (κ3) is 1.78. The lowest BCUT2D eigenvalue weighted by molar-refractivity contribution is -0.142. The predicted molar refractivity (Wildman–Crippen MR) is 66.9 cm³/mol. The lowest BCUT2D eigenvalue weighted by Gasteiger charge is -2.26. The molecule has 0 heterocycles. The third-order valence-electron chi connectivity index (χ3n) is 3.98. The number of carbonyl (C=O) groups is 1. The van der Waals surface area contributed by atoms with E-state index in [0.717, 1.165) is 25.7 Å². The first kappa shape index (κ1) is 10.6. The van der Waals surface area contributed by atoms with Crippen molar-refractivity contribution in [3.8, 4) is 0 Å². The standard InChI is InChI=1S/C15H16O2/c16-15(17)12-7-8-14-11(9-12)6-5-10-3-1-2-4-13(10)14/h1,3,5-6,12H,2,4,7-9H2,(H,16,17). The molecule has 0 saturated heterocycles. The molecule has 0 amide bonds. The van der Waals surface area contributed by atoms with Crippen LogP contribution in [0.4, 0.5) is 0 Å². The van der Waals surface area contributed by atoms with Crippen LogP contribution in [-0.4, -0.2) is 11.1 Å². The molecule has 0 fully saturated rings. The number of benzene rings is 1. The molecule has 2 aliphatic carbocycles. The van der Waals surface area contributed by atoms with Gasteiger partial charge in [0.1, 0.15) is 0 Å². The maximum atomic E-state index is 11.0. The summed E-state index contributed by atoms with van der Waals surface area (Å²) in [6.07, 6.45) is 9.09. The average molecular weight is 228 g/mol. The van der Waals surface area contributed by atoms with E-state index in [4.69, 9.17) is 5.11 Å². The smallest absolute Gasteiger partial charge is 0.306 e. The first-order valence-electron chi connectivity index (χ1n) is 6.28. The Bertz CT molecular complexity index is 500. The Morgan fingerprint density at radius 3 is 2.94 bits per heavy atom. The van der Waals surface area contributed by atoms with Crippen LogP contribution in [0.2, 0.25) is 0 Å². The number of carboxylic acids is 1. The minimum absolute atomic E-state index is 0.181. The highest BCUT2D eigenvalue weighted by atomic mass is 16.4. The maximum absolute atomic E-state index is 11.0. The first-order valence-corrected chi connectivity index (χ1v) is 6.28. The van der Waals surface area contributed by atoms with Crippen molar-refractivity contribution in [3.05, 3.63) is 40.5 Å². The lowest BCUT2D eigenvalue weighted by atomic mass is 9.78. The number of aliphatic carboxylic acids is 1. The fourth-order valence-electron chi connectivity index (χ4n) is 3.05. The fourth-order valence-corrected chi connectivity index (χ4v) is 3.05. The summed E-state index contributed by atoms with van der Waals surface area (Å²) in [5, 5.41) is 9.09. The number of rotatable bonds is 1. The summed E-state index contributed by atoms with van der Waals surface area (Å²) in [6.45, 7) is 0. The van der Waals surface area contributed by atoms with Crippen LogP contribution in [0.15, 0.2) is 18.2 Å². The van der Waals surface area contributed by atoms with Gasteiger partial charge in [-0.05, 0) is 54.4 Å². The molecule has 0 bridgehead atoms. The maximum Gasteiger partial charge on any atom is 0.306 e. The Kier molecular flexibility index (Phi) is 2.50. The van der Waals surface area contributed by atoms with Crippen LogP contribution in [0.25, 0.3) is 6.08 Å². The molecule has 1 atom stereocenters. The van der Waals surface area contributed by atoms with Crippen LogP contribution in [0.1, 0.15) is 35.1 Å². The highest BCUT2D eigenvalue weighted by molar-refractivity contribution is 5.71. The zero-order valence-corrected chi connectivity index (χ0v) is 9.78. The fraction of sp³-hybridized carbons (Fsp3) is 0.400. The van der Waals surface area contributed by atoms with Crippen LogP contribution in [0.3, 0.4) is 0 Å². The Labute approximate surface area is 101 Å². The second kappa shape index (κ2) is 4.02. The van der Waals surface area contributed by atoms with Crippen LogP contribution in [-0.2, 0) is 24.1 Å². The molecule has 1 aromatic carbocycles. The van der Waals surface area contributed by atoms with Gasteiger partial charge in [-0.1, -0.05) is 24.3 Å². The van der Waals surface area contributed by atoms with Crippen LogP contribution in [0, 0.1) is 5.92 Å². The van der Waals surface area contributed by atoms with E-state index in [-0.39, 0.29) is 5.92 Å². The van der Waals surface area contributed by atoms with E-state index in [0.29, 0.717) is 6.42 Å². The molecule has 1 N–H and O–H groups in total. The summed E-state index contributed by atoms with van der Waals surface area (Å²) in [5.74, 6) is -0.826. The number of hydrogen-bond donors (Lipinski definition) is 1. The van der Waals surface area contributed by atoms with Gasteiger partial charge in [0, 0.05) is 0 Å². The monoisotopic (exact) mass is 228 g/mol. The molecule has 3 rings (SSSR count). The van der Waals surface area contributed by atoms with Crippen molar-refractivity contribution in [1.29, 1.82) is 0 Å². The summed E-state index contributed by atoms with van der Waals surface area (Å²) >= 11 is 0. The molecule has 2 aliphatic rings. The predicted octanol–water partition coefficient (Wildman–Crippen LogP) is 2.84. The quantitative estimate of drug-likeness (QED) is 0.802. The highest BCUT2D eigenvalue weighted by Crippen LogP contribution is 2.32. The summed E-state index contributed by atoms with van der Waals surface area (Å²) in [7, 11) is 0. The van der Waals surface area contributed by atoms with Crippen LogP contribution in [0.5, 0.6) is 0 Å². The SMILES string of the molecule is O=C(O)C1CCc2c(ccc3c2CCC=C3)C1. The van der Waals surface area contributed by atoms with Gasteiger partial charge in [0.15, 0.2) is 0 Å². The largest absolute Gasteiger partial charge is 0.481 e. The van der Waals surface area contributed by atoms with Crippen molar-refractivity contribution in [2.45, 2.75) is 32.1 Å². The van der Waals surface area contributed by atoms with Crippen molar-refractivity contribution in [1.82, 2.24) is 0 Å². The molecule has 2 heteroatoms. The van der Waals surface area contributed by atoms with Crippen LogP contribution >= 0.6 is 0 Å². The number of allylic oxidation sites excluding steroid dienone is 1. The third-order valence-corrected chi connectivity index (χ3v) is 3.98. The molecule has 88 valence electrons. The molecular formula is C15H16O2. The second-order valence-corrected chi connectivity index (χ2v) is 4.99. The summed E-state index contributed by atoms with van der Waals surface area (Å²) in [5.41, 5.74) is 5.50. The van der Waals surface area contributed by atoms with E-state index in [1.165, 1.54) is 22.3 Å². The molecule has 0 radical (unpaired) electrons. The van der Waals surface area contributed by atoms with Gasteiger partial charge in [-0.25, -0.2) is 0 Å². The molecule has 2 nitrogen and oxygen atoms in total. The van der Waals surface area contributed by atoms with Gasteiger partial charge >= 0.3 is 5.97 Å². The minimum atomic E-state index is -0.645. The van der Waals surface area contributed by atoms with Gasteiger partial charge < -0.3 is 5.11 Å². The molecule has 0 aliphatic heterocycles. The van der Waals surface area contributed by atoms with Crippen molar-refractivity contribution in [2.75, 3.05) is 0 Å². The highest BCUT2D eigenvalue weighted by Gasteiger charge is 2.26. The molecule has 0 saturated carbocycles. The zero-order chi connectivity index (χ0) is 11.8.